The Labute approximate surface area is 755 Å². The number of aromatic amines is 2. The summed E-state index contributed by atoms with van der Waals surface area (Å²) in [6.07, 6.45) is -16.5. The summed E-state index contributed by atoms with van der Waals surface area (Å²) in [6.45, 7) is 15.4. The third kappa shape index (κ3) is 33.9. The first-order valence-corrected chi connectivity index (χ1v) is 43.1. The van der Waals surface area contributed by atoms with Crippen LogP contribution in [0.15, 0.2) is 104 Å². The highest BCUT2D eigenvalue weighted by Crippen LogP contribution is 2.57. The second kappa shape index (κ2) is 52.1. The van der Waals surface area contributed by atoms with Gasteiger partial charge in [0.05, 0.1) is 37.6 Å². The number of phosphoric ester groups is 2. The van der Waals surface area contributed by atoms with E-state index in [1.165, 1.54) is 83.1 Å². The number of halogens is 4. The van der Waals surface area contributed by atoms with E-state index in [0.717, 1.165) is 42.9 Å². The smallest absolute Gasteiger partial charge is 0.510 e. The Morgan fingerprint density at radius 3 is 1.07 bits per heavy atom. The molecular weight excluding hydrogens is 1830 g/mol. The average molecular weight is 1940 g/mol. The number of quaternary nitrogens is 1. The van der Waals surface area contributed by atoms with E-state index < -0.39 is 271 Å². The Morgan fingerprint density at radius 2 is 0.777 bits per heavy atom. The molecule has 0 radical (unpaired) electrons. The standard InChI is InChI=1S/C47H62FN4O21P.C31H48ClFN3O17P.ClH.H3N/c1-28(2)35(50-42(57)62-22-32-16-12-10-13-17-32)37(54)71-39-46(9,72-38(55)36(29(3)4)51-43(58)63-23-33-18-14-11-15-19-33)40(52-21-20-34(53)49-41(52)56)73-47(39,24-48)25-66-74(61,67-26-64-44(59)69-30(5)6)68-27-65-45(60)70-31(7)8;1-16(2)21(32)23(38)52-30(9)25(51-24(39)22(34)17(3)4)31(12-33,53-26(30)36-11-10-20(37)35-27(36)40)13-46-54(43,47-14-44-28(41)49-18(5)6)48-15-45-29(42)50-19(7)8;;/h10-21,28-31,35-36,39-40H,22-27H2,1-9H3,(H,50,57)(H,51,58)(H,49,53,56);10-11,16-19,21-22,25-26H,12-15,34H2,1-9H3,(H,35,37,40);1H;1H3/t35?,36?,39-,40+,46+,47+;21?,22?,25-,26+,30+,31+;;/m00../s1. The van der Waals surface area contributed by atoms with Gasteiger partial charge in [0.15, 0.2) is 53.1 Å². The number of ether oxygens (including phenoxy) is 16. The number of H-pyrrole nitrogens is 2. The van der Waals surface area contributed by atoms with Gasteiger partial charge in [-0.2, -0.15) is 0 Å². The van der Waals surface area contributed by atoms with Gasteiger partial charge in [0, 0.05) is 30.4 Å². The quantitative estimate of drug-likeness (QED) is 0.00977. The first-order chi connectivity index (χ1) is 59.9. The number of phosphoric acid groups is 2. The summed E-state index contributed by atoms with van der Waals surface area (Å²) < 4.78 is 178. The minimum absolute atomic E-state index is 0. The second-order valence-corrected chi connectivity index (χ2v) is 35.0. The van der Waals surface area contributed by atoms with Crippen LogP contribution in [0.2, 0.25) is 0 Å². The number of alkyl carbamates (subject to hydrolysis) is 2. The van der Waals surface area contributed by atoms with Crippen molar-refractivity contribution in [1.29, 1.82) is 0 Å². The minimum Gasteiger partial charge on any atom is -1.00 e. The Hall–Kier alpha value is -10.2. The zero-order valence-corrected chi connectivity index (χ0v) is 77.9. The molecular formula is C78H114Cl2F2N8O38P2. The number of carbonyl (C=O) groups is 10. The summed E-state index contributed by atoms with van der Waals surface area (Å²) in [5.74, 6) is -7.32. The summed E-state index contributed by atoms with van der Waals surface area (Å²) in [4.78, 5) is 186. The summed E-state index contributed by atoms with van der Waals surface area (Å²) in [5, 5.41) is 3.51. The molecule has 130 heavy (non-hydrogen) atoms. The van der Waals surface area contributed by atoms with Crippen molar-refractivity contribution in [2.24, 2.45) is 23.7 Å². The van der Waals surface area contributed by atoms with Crippen molar-refractivity contribution in [2.45, 2.75) is 233 Å². The van der Waals surface area contributed by atoms with E-state index in [-0.39, 0.29) is 31.8 Å². The number of amides is 2. The van der Waals surface area contributed by atoms with E-state index in [2.05, 4.69) is 16.4 Å². The molecule has 2 aliphatic heterocycles. The van der Waals surface area contributed by atoms with Gasteiger partial charge in [-0.05, 0) is 98.1 Å². The first kappa shape index (κ1) is 114. The lowest BCUT2D eigenvalue weighted by Gasteiger charge is -2.39. The van der Waals surface area contributed by atoms with Gasteiger partial charge in [-0.1, -0.05) is 116 Å². The van der Waals surface area contributed by atoms with Gasteiger partial charge in [0.25, 0.3) is 11.1 Å². The Kier molecular flexibility index (Phi) is 45.7. The van der Waals surface area contributed by atoms with Crippen LogP contribution in [0.3, 0.4) is 0 Å². The van der Waals surface area contributed by atoms with Crippen LogP contribution in [0.1, 0.15) is 148 Å². The number of rotatable bonds is 44. The molecule has 4 heterocycles. The van der Waals surface area contributed by atoms with Gasteiger partial charge in [0.2, 0.25) is 27.2 Å². The lowest BCUT2D eigenvalue weighted by molar-refractivity contribution is -0.420. The van der Waals surface area contributed by atoms with Gasteiger partial charge in [-0.15, -0.1) is 11.6 Å². The zero-order valence-electron chi connectivity index (χ0n) is 74.6. The molecule has 2 saturated heterocycles. The molecule has 6 rings (SSSR count). The van der Waals surface area contributed by atoms with Crippen molar-refractivity contribution >= 4 is 87.9 Å². The third-order valence-electron chi connectivity index (χ3n) is 18.0. The van der Waals surface area contributed by atoms with E-state index in [9.17, 15) is 76.3 Å². The minimum atomic E-state index is -5.32. The first-order valence-electron chi connectivity index (χ1n) is 39.7. The monoisotopic (exact) mass is 1940 g/mol. The van der Waals surface area contributed by atoms with Crippen molar-refractivity contribution in [3.8, 4) is 0 Å². The van der Waals surface area contributed by atoms with Gasteiger partial charge < -0.3 is 111 Å². The molecule has 0 bridgehead atoms. The van der Waals surface area contributed by atoms with Crippen LogP contribution in [-0.2, 0) is 144 Å². The third-order valence-corrected chi connectivity index (χ3v) is 21.2. The van der Waals surface area contributed by atoms with Crippen molar-refractivity contribution in [1.82, 2.24) is 35.9 Å². The fraction of sp³-hybridized carbons (Fsp3) is 0.615. The summed E-state index contributed by atoms with van der Waals surface area (Å²) in [5.41, 5.74) is -9.68. The predicted molar refractivity (Wildman–Crippen MR) is 439 cm³/mol. The number of nitrogens with one attached hydrogen (secondary N) is 4. The van der Waals surface area contributed by atoms with Gasteiger partial charge in [-0.25, -0.2) is 88.7 Å². The molecule has 2 aromatic carbocycles. The topological polar surface area (TPSA) is 604 Å². The maximum Gasteiger partial charge on any atom is 0.510 e. The van der Waals surface area contributed by atoms with Crippen LogP contribution in [0, 0.1) is 23.7 Å². The summed E-state index contributed by atoms with van der Waals surface area (Å²) in [7, 11) is -10.4. The highest BCUT2D eigenvalue weighted by atomic mass is 35.5. The molecule has 0 spiro atoms. The Balaban J connectivity index is 0.000000693. The molecule has 2 aromatic heterocycles. The second-order valence-electron chi connectivity index (χ2n) is 31.2. The summed E-state index contributed by atoms with van der Waals surface area (Å²) in [6, 6.07) is 14.5. The lowest BCUT2D eigenvalue weighted by Crippen LogP contribution is -3.00. The molecule has 10 N–H and O–H groups in total. The Bertz CT molecular complexity index is 4660. The van der Waals surface area contributed by atoms with Gasteiger partial charge in [0.1, 0.15) is 44.0 Å². The molecule has 12 atom stereocenters. The van der Waals surface area contributed by atoms with Crippen molar-refractivity contribution in [3.05, 3.63) is 138 Å². The molecule has 2 aliphatic rings. The van der Waals surface area contributed by atoms with Crippen molar-refractivity contribution in [3.63, 3.8) is 0 Å². The molecule has 46 nitrogen and oxygen atoms in total. The number of nitrogens with zero attached hydrogens (tertiary/aromatic N) is 2. The van der Waals surface area contributed by atoms with E-state index in [1.807, 2.05) is 9.97 Å². The van der Waals surface area contributed by atoms with Gasteiger partial charge in [-0.3, -0.25) is 42.5 Å². The SMILES string of the molecule is CC(C)OC(=O)OCOP(=O)(OCOC(=O)OC(C)C)OC[C@@]1(CF)O[C@@H](n2ccc(=O)[nH]c2=O)[C@](C)(OC(=O)C(Cl)C(C)C)[C@@H]1OC(=O)C([NH3+])C(C)C.CC(C)OC(=O)OCOP(=O)(OCOC(=O)OC(C)C)OC[C@@]1(CF)O[C@@H](n2ccc(=O)[nH]c2=O)[C@](C)(OC(=O)C(NC(=O)OCc2ccccc2)C(C)C)[C@@H]1OC(=O)C(NC(=O)OCc1ccccc1)C(C)C.N.[Cl-]. The maximum absolute atomic E-state index is 16.4. The van der Waals surface area contributed by atoms with Crippen LogP contribution in [0.25, 0.3) is 0 Å². The molecule has 2 amide bonds. The van der Waals surface area contributed by atoms with E-state index >= 15 is 8.78 Å². The highest BCUT2D eigenvalue weighted by molar-refractivity contribution is 7.48. The Morgan fingerprint density at radius 1 is 0.462 bits per heavy atom. The van der Waals surface area contributed by atoms with E-state index in [1.54, 1.807) is 88.4 Å². The molecule has 2 fully saturated rings. The van der Waals surface area contributed by atoms with Crippen LogP contribution in [0.4, 0.5) is 37.5 Å². The summed E-state index contributed by atoms with van der Waals surface area (Å²) >= 11 is 6.31. The number of carbonyl (C=O) groups excluding carboxylic acids is 10. The number of alkyl halides is 3. The molecule has 0 aliphatic carbocycles. The number of hydrogen-bond acceptors (Lipinski definition) is 39. The van der Waals surface area contributed by atoms with Crippen LogP contribution in [-0.4, -0.2) is 216 Å². The molecule has 4 aromatic rings. The lowest BCUT2D eigenvalue weighted by atomic mass is 9.87. The number of aromatic nitrogens is 4. The molecule has 732 valence electrons. The fourth-order valence-corrected chi connectivity index (χ4v) is 13.5. The normalized spacial score (nSPS) is 20.4. The number of hydrogen-bond donors (Lipinski definition) is 6. The highest BCUT2D eigenvalue weighted by Gasteiger charge is 2.71. The molecule has 52 heteroatoms. The van der Waals surface area contributed by atoms with Gasteiger partial charge >= 0.3 is 87.7 Å². The molecule has 4 unspecified atom stereocenters. The zero-order chi connectivity index (χ0) is 96.0. The van der Waals surface area contributed by atoms with Crippen molar-refractivity contribution in [2.75, 3.05) is 53.7 Å². The van der Waals surface area contributed by atoms with Crippen LogP contribution >= 0.6 is 27.2 Å². The van der Waals surface area contributed by atoms with Crippen LogP contribution < -0.4 is 57.4 Å². The predicted octanol–water partition coefficient (Wildman–Crippen LogP) is 5.96. The maximum atomic E-state index is 16.4. The average Bonchev–Trinajstić information content (AvgIpc) is 1.57. The number of esters is 4. The molecule has 0 saturated carbocycles. The largest absolute Gasteiger partial charge is 1.00 e. The van der Waals surface area contributed by atoms with E-state index in [4.69, 9.17) is 115 Å². The number of benzene rings is 2. The van der Waals surface area contributed by atoms with Crippen molar-refractivity contribution < 1.29 is 187 Å². The fourth-order valence-electron chi connectivity index (χ4n) is 11.5. The van der Waals surface area contributed by atoms with E-state index in [0.29, 0.717) is 15.7 Å². The van der Waals surface area contributed by atoms with Crippen LogP contribution in [0.5, 0.6) is 0 Å².